The maximum Gasteiger partial charge on any atom is 0.237 e. The summed E-state index contributed by atoms with van der Waals surface area (Å²) in [5.41, 5.74) is 0.796. The first kappa shape index (κ1) is 15.5. The second kappa shape index (κ2) is 7.79. The maximum absolute atomic E-state index is 11.9. The Morgan fingerprint density at radius 1 is 1.26 bits per heavy atom. The fourth-order valence-electron chi connectivity index (χ4n) is 1.84. The van der Waals surface area contributed by atoms with E-state index in [9.17, 15) is 9.90 Å². The lowest BCUT2D eigenvalue weighted by atomic mass is 10.1. The van der Waals surface area contributed by atoms with E-state index in [2.05, 4.69) is 24.5 Å². The molecule has 1 rings (SSSR count). The highest BCUT2D eigenvalue weighted by atomic mass is 16.3. The van der Waals surface area contributed by atoms with Gasteiger partial charge in [0.05, 0.1) is 6.04 Å². The molecule has 0 saturated heterocycles. The van der Waals surface area contributed by atoms with Gasteiger partial charge >= 0.3 is 0 Å². The second-order valence-corrected chi connectivity index (χ2v) is 4.75. The lowest BCUT2D eigenvalue weighted by Crippen LogP contribution is -2.45. The summed E-state index contributed by atoms with van der Waals surface area (Å²) in [7, 11) is 0. The van der Waals surface area contributed by atoms with Crippen molar-refractivity contribution in [2.24, 2.45) is 0 Å². The van der Waals surface area contributed by atoms with Crippen molar-refractivity contribution >= 4 is 5.91 Å². The molecule has 19 heavy (non-hydrogen) atoms. The van der Waals surface area contributed by atoms with Crippen LogP contribution in [0.4, 0.5) is 0 Å². The van der Waals surface area contributed by atoms with Crippen LogP contribution in [0.15, 0.2) is 24.3 Å². The molecule has 1 unspecified atom stereocenters. The Bertz CT molecular complexity index is 403. The summed E-state index contributed by atoms with van der Waals surface area (Å²) in [5, 5.41) is 15.8. The number of carbonyl (C=O) groups excluding carboxylic acids is 1. The Hall–Kier alpha value is -1.55. The quantitative estimate of drug-likeness (QED) is 0.707. The minimum Gasteiger partial charge on any atom is -0.508 e. The van der Waals surface area contributed by atoms with E-state index in [-0.39, 0.29) is 23.7 Å². The summed E-state index contributed by atoms with van der Waals surface area (Å²) in [5.74, 6) is 0.256. The third-order valence-electron chi connectivity index (χ3n) is 3.32. The second-order valence-electron chi connectivity index (χ2n) is 4.75. The van der Waals surface area contributed by atoms with E-state index in [1.165, 1.54) is 0 Å². The summed E-state index contributed by atoms with van der Waals surface area (Å²) in [4.78, 5) is 11.9. The Morgan fingerprint density at radius 2 is 1.89 bits per heavy atom. The largest absolute Gasteiger partial charge is 0.508 e. The predicted octanol–water partition coefficient (Wildman–Crippen LogP) is 2.18. The molecule has 0 saturated carbocycles. The van der Waals surface area contributed by atoms with E-state index >= 15 is 0 Å². The molecule has 0 aromatic heterocycles. The van der Waals surface area contributed by atoms with Crippen LogP contribution in [0, 0.1) is 0 Å². The average Bonchev–Trinajstić information content (AvgIpc) is 2.43. The van der Waals surface area contributed by atoms with Crippen LogP contribution in [0.5, 0.6) is 5.75 Å². The summed E-state index contributed by atoms with van der Waals surface area (Å²) in [6, 6.07) is 7.09. The van der Waals surface area contributed by atoms with Gasteiger partial charge in [0.25, 0.3) is 0 Å². The SMILES string of the molecule is CCC(CC)NC(=O)C(C)NCc1ccccc1O. The molecule has 0 bridgehead atoms. The number of nitrogens with one attached hydrogen (secondary N) is 2. The fraction of sp³-hybridized carbons (Fsp3) is 0.533. The molecule has 106 valence electrons. The Balaban J connectivity index is 2.45. The predicted molar refractivity (Wildman–Crippen MR) is 76.9 cm³/mol. The number of rotatable bonds is 7. The summed E-state index contributed by atoms with van der Waals surface area (Å²) < 4.78 is 0. The van der Waals surface area contributed by atoms with Gasteiger partial charge in [0.15, 0.2) is 0 Å². The van der Waals surface area contributed by atoms with Crippen molar-refractivity contribution < 1.29 is 9.90 Å². The first-order chi connectivity index (χ1) is 9.08. The molecule has 3 N–H and O–H groups in total. The zero-order valence-electron chi connectivity index (χ0n) is 11.9. The van der Waals surface area contributed by atoms with E-state index in [0.29, 0.717) is 6.54 Å². The number of para-hydroxylation sites is 1. The van der Waals surface area contributed by atoms with Gasteiger partial charge in [0, 0.05) is 18.2 Å². The molecule has 0 radical (unpaired) electrons. The molecule has 0 aliphatic rings. The van der Waals surface area contributed by atoms with Crippen molar-refractivity contribution in [3.8, 4) is 5.75 Å². The van der Waals surface area contributed by atoms with E-state index in [1.807, 2.05) is 19.1 Å². The van der Waals surface area contributed by atoms with Gasteiger partial charge in [0.1, 0.15) is 5.75 Å². The molecule has 0 aliphatic heterocycles. The van der Waals surface area contributed by atoms with Crippen LogP contribution in [0.2, 0.25) is 0 Å². The maximum atomic E-state index is 11.9. The van der Waals surface area contributed by atoms with E-state index in [4.69, 9.17) is 0 Å². The molecule has 1 aromatic rings. The van der Waals surface area contributed by atoms with Gasteiger partial charge in [-0.15, -0.1) is 0 Å². The van der Waals surface area contributed by atoms with E-state index in [0.717, 1.165) is 18.4 Å². The number of aromatic hydroxyl groups is 1. The van der Waals surface area contributed by atoms with Crippen molar-refractivity contribution in [3.63, 3.8) is 0 Å². The third-order valence-corrected chi connectivity index (χ3v) is 3.32. The minimum absolute atomic E-state index is 0.00382. The minimum atomic E-state index is -0.278. The number of benzene rings is 1. The zero-order valence-corrected chi connectivity index (χ0v) is 11.9. The van der Waals surface area contributed by atoms with Crippen LogP contribution < -0.4 is 10.6 Å². The van der Waals surface area contributed by atoms with Crippen LogP contribution in [-0.4, -0.2) is 23.1 Å². The van der Waals surface area contributed by atoms with Crippen molar-refractivity contribution in [2.45, 2.75) is 52.2 Å². The van der Waals surface area contributed by atoms with Crippen LogP contribution in [0.25, 0.3) is 0 Å². The van der Waals surface area contributed by atoms with Crippen molar-refractivity contribution in [1.82, 2.24) is 10.6 Å². The zero-order chi connectivity index (χ0) is 14.3. The molecule has 0 spiro atoms. The molecule has 0 heterocycles. The number of amides is 1. The molecular formula is C15H24N2O2. The smallest absolute Gasteiger partial charge is 0.237 e. The number of hydrogen-bond donors (Lipinski definition) is 3. The van der Waals surface area contributed by atoms with Gasteiger partial charge < -0.3 is 15.7 Å². The molecular weight excluding hydrogens is 240 g/mol. The topological polar surface area (TPSA) is 61.4 Å². The average molecular weight is 264 g/mol. The van der Waals surface area contributed by atoms with Gasteiger partial charge in [-0.05, 0) is 25.8 Å². The van der Waals surface area contributed by atoms with Crippen LogP contribution in [-0.2, 0) is 11.3 Å². The monoisotopic (exact) mass is 264 g/mol. The molecule has 1 amide bonds. The van der Waals surface area contributed by atoms with E-state index < -0.39 is 0 Å². The fourth-order valence-corrected chi connectivity index (χ4v) is 1.84. The van der Waals surface area contributed by atoms with Crippen LogP contribution >= 0.6 is 0 Å². The highest BCUT2D eigenvalue weighted by Crippen LogP contribution is 2.15. The standard InChI is InChI=1S/C15H24N2O2/c1-4-13(5-2)17-15(19)11(3)16-10-12-8-6-7-9-14(12)18/h6-9,11,13,16,18H,4-5,10H2,1-3H3,(H,17,19). The van der Waals surface area contributed by atoms with Crippen LogP contribution in [0.1, 0.15) is 39.2 Å². The Morgan fingerprint density at radius 3 is 2.47 bits per heavy atom. The van der Waals surface area contributed by atoms with Gasteiger partial charge in [-0.1, -0.05) is 32.0 Å². The summed E-state index contributed by atoms with van der Waals surface area (Å²) >= 11 is 0. The molecule has 4 heteroatoms. The van der Waals surface area contributed by atoms with Gasteiger partial charge in [-0.25, -0.2) is 0 Å². The number of phenolic OH excluding ortho intramolecular Hbond substituents is 1. The highest BCUT2D eigenvalue weighted by molar-refractivity contribution is 5.81. The van der Waals surface area contributed by atoms with Crippen molar-refractivity contribution in [2.75, 3.05) is 0 Å². The first-order valence-corrected chi connectivity index (χ1v) is 6.89. The number of phenols is 1. The molecule has 4 nitrogen and oxygen atoms in total. The van der Waals surface area contributed by atoms with Gasteiger partial charge in [-0.2, -0.15) is 0 Å². The summed E-state index contributed by atoms with van der Waals surface area (Å²) in [6.45, 7) is 6.44. The van der Waals surface area contributed by atoms with E-state index in [1.54, 1.807) is 12.1 Å². The summed E-state index contributed by atoms with van der Waals surface area (Å²) in [6.07, 6.45) is 1.88. The number of carbonyl (C=O) groups is 1. The highest BCUT2D eigenvalue weighted by Gasteiger charge is 2.15. The molecule has 0 aliphatic carbocycles. The van der Waals surface area contributed by atoms with Gasteiger partial charge in [-0.3, -0.25) is 4.79 Å². The lowest BCUT2D eigenvalue weighted by molar-refractivity contribution is -0.123. The van der Waals surface area contributed by atoms with Crippen molar-refractivity contribution in [1.29, 1.82) is 0 Å². The van der Waals surface area contributed by atoms with Crippen molar-refractivity contribution in [3.05, 3.63) is 29.8 Å². The third kappa shape index (κ3) is 4.91. The Kier molecular flexibility index (Phi) is 6.36. The Labute approximate surface area is 115 Å². The number of hydrogen-bond acceptors (Lipinski definition) is 3. The van der Waals surface area contributed by atoms with Crippen LogP contribution in [0.3, 0.4) is 0 Å². The molecule has 1 atom stereocenters. The molecule has 1 aromatic carbocycles. The molecule has 0 fully saturated rings. The normalized spacial score (nSPS) is 12.4. The van der Waals surface area contributed by atoms with Gasteiger partial charge in [0.2, 0.25) is 5.91 Å². The first-order valence-electron chi connectivity index (χ1n) is 6.89. The lowest BCUT2D eigenvalue weighted by Gasteiger charge is -2.19.